The molecule has 1 aliphatic heterocycles. The predicted molar refractivity (Wildman–Crippen MR) is 61.4 cm³/mol. The van der Waals surface area contributed by atoms with E-state index in [4.69, 9.17) is 0 Å². The van der Waals surface area contributed by atoms with Crippen LogP contribution in [0.5, 0.6) is 0 Å². The zero-order valence-electron chi connectivity index (χ0n) is 9.93. The molecule has 1 saturated heterocycles. The van der Waals surface area contributed by atoms with Crippen LogP contribution in [0.2, 0.25) is 0 Å². The lowest BCUT2D eigenvalue weighted by Crippen LogP contribution is -2.31. The average Bonchev–Trinajstić information content (AvgIpc) is 2.29. The molecular weight excluding hydrogens is 227 g/mol. The second kappa shape index (κ2) is 4.84. The lowest BCUT2D eigenvalue weighted by atomic mass is 9.84. The summed E-state index contributed by atoms with van der Waals surface area (Å²) in [5, 5.41) is 0. The van der Waals surface area contributed by atoms with Crippen LogP contribution in [-0.2, 0) is 0 Å². The summed E-state index contributed by atoms with van der Waals surface area (Å²) in [5.41, 5.74) is 0.450. The smallest absolute Gasteiger partial charge is 0.306 e. The van der Waals surface area contributed by atoms with E-state index in [1.165, 1.54) is 6.08 Å². The Morgan fingerprint density at radius 1 is 1.24 bits per heavy atom. The Morgan fingerprint density at radius 3 is 2.47 bits per heavy atom. The number of likely N-dealkylation sites (tertiary alicyclic amines) is 1. The second-order valence-electron chi connectivity index (χ2n) is 4.85. The van der Waals surface area contributed by atoms with Gasteiger partial charge in [0.05, 0.1) is 0 Å². The molecule has 0 N–H and O–H groups in total. The highest BCUT2D eigenvalue weighted by Gasteiger charge is 2.34. The van der Waals surface area contributed by atoms with Crippen molar-refractivity contribution in [2.75, 3.05) is 20.1 Å². The molecule has 4 heteroatoms. The Bertz CT molecular complexity index is 333. The zero-order valence-corrected chi connectivity index (χ0v) is 9.93. The molecule has 95 valence electrons. The lowest BCUT2D eigenvalue weighted by molar-refractivity contribution is -0.0934. The second-order valence-corrected chi connectivity index (χ2v) is 4.85. The summed E-state index contributed by atoms with van der Waals surface area (Å²) in [6.45, 7) is 1.94. The van der Waals surface area contributed by atoms with Crippen molar-refractivity contribution in [2.45, 2.75) is 25.4 Å². The van der Waals surface area contributed by atoms with Gasteiger partial charge in [0.25, 0.3) is 0 Å². The van der Waals surface area contributed by atoms with Crippen LogP contribution in [0.3, 0.4) is 0 Å². The van der Waals surface area contributed by atoms with Crippen LogP contribution < -0.4 is 0 Å². The molecule has 0 aromatic rings. The molecule has 0 saturated carbocycles. The molecule has 1 fully saturated rings. The summed E-state index contributed by atoms with van der Waals surface area (Å²) in [6, 6.07) is 0. The van der Waals surface area contributed by atoms with E-state index in [1.54, 1.807) is 6.42 Å². The number of hydrogen-bond acceptors (Lipinski definition) is 1. The highest BCUT2D eigenvalue weighted by Crippen LogP contribution is 2.36. The number of rotatable bonds is 1. The van der Waals surface area contributed by atoms with Crippen molar-refractivity contribution in [1.29, 1.82) is 0 Å². The largest absolute Gasteiger partial charge is 0.412 e. The lowest BCUT2D eigenvalue weighted by Gasteiger charge is -2.31. The van der Waals surface area contributed by atoms with E-state index in [0.29, 0.717) is 5.92 Å². The minimum atomic E-state index is -4.18. The number of allylic oxidation sites excluding steroid dienone is 4. The van der Waals surface area contributed by atoms with Gasteiger partial charge in [-0.2, -0.15) is 13.2 Å². The fraction of sp³-hybridized carbons (Fsp3) is 0.615. The topological polar surface area (TPSA) is 3.24 Å². The van der Waals surface area contributed by atoms with Crippen molar-refractivity contribution in [3.63, 3.8) is 0 Å². The number of halogens is 3. The van der Waals surface area contributed by atoms with Crippen molar-refractivity contribution in [3.8, 4) is 0 Å². The Balaban J connectivity index is 2.07. The SMILES string of the molecule is CN1CCC(C2=C[CH]CC(C(F)(F)F)=C2)CC1. The Kier molecular flexibility index (Phi) is 3.61. The molecule has 0 unspecified atom stereocenters. The quantitative estimate of drug-likeness (QED) is 0.683. The summed E-state index contributed by atoms with van der Waals surface area (Å²) in [6.07, 6.45) is 2.61. The Hall–Kier alpha value is -0.770. The summed E-state index contributed by atoms with van der Waals surface area (Å²) >= 11 is 0. The van der Waals surface area contributed by atoms with Crippen molar-refractivity contribution in [2.24, 2.45) is 5.92 Å². The average molecular weight is 244 g/mol. The van der Waals surface area contributed by atoms with Gasteiger partial charge in [0.1, 0.15) is 0 Å². The Morgan fingerprint density at radius 2 is 1.88 bits per heavy atom. The zero-order chi connectivity index (χ0) is 12.5. The molecule has 0 aromatic carbocycles. The van der Waals surface area contributed by atoms with Gasteiger partial charge in [0, 0.05) is 5.57 Å². The molecule has 0 bridgehead atoms. The predicted octanol–water partition coefficient (Wildman–Crippen LogP) is 3.35. The van der Waals surface area contributed by atoms with Crippen molar-refractivity contribution < 1.29 is 13.2 Å². The maximum atomic E-state index is 12.6. The van der Waals surface area contributed by atoms with Crippen molar-refractivity contribution in [3.05, 3.63) is 29.7 Å². The molecule has 0 amide bonds. The van der Waals surface area contributed by atoms with Crippen LogP contribution in [-0.4, -0.2) is 31.2 Å². The number of hydrogen-bond donors (Lipinski definition) is 0. The maximum Gasteiger partial charge on any atom is 0.412 e. The third kappa shape index (κ3) is 3.12. The highest BCUT2D eigenvalue weighted by atomic mass is 19.4. The van der Waals surface area contributed by atoms with E-state index in [1.807, 2.05) is 6.08 Å². The van der Waals surface area contributed by atoms with E-state index in [0.717, 1.165) is 31.5 Å². The van der Waals surface area contributed by atoms with Gasteiger partial charge in [0.2, 0.25) is 0 Å². The standard InChI is InChI=1S/C13H17F3N/c1-17-7-5-10(6-8-17)11-3-2-4-12(9-11)13(14,15)16/h2-3,9-10H,4-8H2,1H3. The van der Waals surface area contributed by atoms with Crippen LogP contribution in [0.15, 0.2) is 23.3 Å². The third-order valence-electron chi connectivity index (χ3n) is 3.54. The molecule has 0 atom stereocenters. The van der Waals surface area contributed by atoms with Crippen LogP contribution in [0.1, 0.15) is 19.3 Å². The van der Waals surface area contributed by atoms with Gasteiger partial charge in [-0.05, 0) is 57.3 Å². The first kappa shape index (κ1) is 12.7. The van der Waals surface area contributed by atoms with Gasteiger partial charge in [-0.3, -0.25) is 0 Å². The molecule has 1 aliphatic carbocycles. The number of nitrogens with zero attached hydrogens (tertiary/aromatic N) is 1. The van der Waals surface area contributed by atoms with Gasteiger partial charge in [0.15, 0.2) is 0 Å². The summed E-state index contributed by atoms with van der Waals surface area (Å²) < 4.78 is 37.9. The minimum Gasteiger partial charge on any atom is -0.306 e. The van der Waals surface area contributed by atoms with E-state index >= 15 is 0 Å². The van der Waals surface area contributed by atoms with E-state index in [-0.39, 0.29) is 6.42 Å². The molecule has 2 aliphatic rings. The minimum absolute atomic E-state index is 0.0135. The van der Waals surface area contributed by atoms with Crippen LogP contribution in [0.4, 0.5) is 13.2 Å². The fourth-order valence-corrected chi connectivity index (χ4v) is 2.42. The van der Waals surface area contributed by atoms with Crippen molar-refractivity contribution >= 4 is 0 Å². The number of piperidine rings is 1. The monoisotopic (exact) mass is 244 g/mol. The normalized spacial score (nSPS) is 24.5. The Labute approximate surface area is 100.0 Å². The molecule has 0 spiro atoms. The van der Waals surface area contributed by atoms with E-state index in [2.05, 4.69) is 11.9 Å². The molecule has 1 heterocycles. The van der Waals surface area contributed by atoms with Crippen LogP contribution >= 0.6 is 0 Å². The summed E-state index contributed by atoms with van der Waals surface area (Å²) in [5.74, 6) is 0.292. The number of alkyl halides is 3. The van der Waals surface area contributed by atoms with Crippen LogP contribution in [0, 0.1) is 12.3 Å². The van der Waals surface area contributed by atoms with Gasteiger partial charge in [-0.15, -0.1) is 0 Å². The van der Waals surface area contributed by atoms with Crippen LogP contribution in [0.25, 0.3) is 0 Å². The van der Waals surface area contributed by atoms with Gasteiger partial charge < -0.3 is 4.90 Å². The first-order valence-electron chi connectivity index (χ1n) is 5.96. The molecular formula is C13H17F3N. The molecule has 1 nitrogen and oxygen atoms in total. The molecule has 2 rings (SSSR count). The summed E-state index contributed by atoms with van der Waals surface area (Å²) in [4.78, 5) is 2.22. The van der Waals surface area contributed by atoms with Gasteiger partial charge in [-0.1, -0.05) is 12.2 Å². The first-order chi connectivity index (χ1) is 7.97. The van der Waals surface area contributed by atoms with Gasteiger partial charge in [-0.25, -0.2) is 0 Å². The highest BCUT2D eigenvalue weighted by molar-refractivity contribution is 5.36. The maximum absolute atomic E-state index is 12.6. The molecule has 0 aromatic heterocycles. The summed E-state index contributed by atoms with van der Waals surface area (Å²) in [7, 11) is 2.05. The fourth-order valence-electron chi connectivity index (χ4n) is 2.42. The van der Waals surface area contributed by atoms with Crippen molar-refractivity contribution in [1.82, 2.24) is 4.90 Å². The first-order valence-corrected chi connectivity index (χ1v) is 5.96. The van der Waals surface area contributed by atoms with E-state index in [9.17, 15) is 13.2 Å². The molecule has 17 heavy (non-hydrogen) atoms. The van der Waals surface area contributed by atoms with E-state index < -0.39 is 11.7 Å². The third-order valence-corrected chi connectivity index (χ3v) is 3.54. The molecule has 1 radical (unpaired) electrons. The van der Waals surface area contributed by atoms with Gasteiger partial charge >= 0.3 is 6.18 Å².